The number of rotatable bonds is 5. The van der Waals surface area contributed by atoms with Crippen LogP contribution < -0.4 is 5.32 Å². The van der Waals surface area contributed by atoms with E-state index in [0.717, 1.165) is 11.5 Å². The van der Waals surface area contributed by atoms with Crippen LogP contribution in [0, 0.1) is 0 Å². The Morgan fingerprint density at radius 1 is 1.33 bits per heavy atom. The molecule has 1 heterocycles. The van der Waals surface area contributed by atoms with Gasteiger partial charge in [-0.25, -0.2) is 4.79 Å². The van der Waals surface area contributed by atoms with Gasteiger partial charge in [-0.15, -0.1) is 5.10 Å². The van der Waals surface area contributed by atoms with Crippen molar-refractivity contribution in [2.45, 2.75) is 26.4 Å². The standard InChI is InChI=1S/C14H15N3O3S/c1-3-11-12(21-17-16-11)14(19)20-9(2)13(18)15-10-7-5-4-6-8-10/h4-9H,3H2,1-2H3,(H,15,18)/t9-/m1/s1. The Morgan fingerprint density at radius 2 is 2.05 bits per heavy atom. The van der Waals surface area contributed by atoms with Crippen LogP contribution in [-0.2, 0) is 16.0 Å². The number of ether oxygens (including phenoxy) is 1. The fourth-order valence-corrected chi connectivity index (χ4v) is 2.26. The van der Waals surface area contributed by atoms with Gasteiger partial charge >= 0.3 is 5.97 Å². The second-order valence-electron chi connectivity index (χ2n) is 4.31. The van der Waals surface area contributed by atoms with Gasteiger partial charge in [-0.05, 0) is 37.0 Å². The molecule has 1 atom stereocenters. The first-order valence-corrected chi connectivity index (χ1v) is 7.27. The molecule has 1 amide bonds. The molecule has 0 bridgehead atoms. The zero-order valence-corrected chi connectivity index (χ0v) is 12.5. The molecule has 2 rings (SSSR count). The first kappa shape index (κ1) is 15.1. The van der Waals surface area contributed by atoms with E-state index >= 15 is 0 Å². The minimum Gasteiger partial charge on any atom is -0.448 e. The van der Waals surface area contributed by atoms with E-state index in [1.807, 2.05) is 25.1 Å². The quantitative estimate of drug-likeness (QED) is 0.857. The van der Waals surface area contributed by atoms with Crippen LogP contribution in [0.2, 0.25) is 0 Å². The largest absolute Gasteiger partial charge is 0.448 e. The molecule has 0 radical (unpaired) electrons. The SMILES string of the molecule is CCc1nnsc1C(=O)O[C@H](C)C(=O)Nc1ccccc1. The highest BCUT2D eigenvalue weighted by atomic mass is 32.1. The van der Waals surface area contributed by atoms with Crippen LogP contribution >= 0.6 is 11.5 Å². The number of hydrogen-bond donors (Lipinski definition) is 1. The molecular formula is C14H15N3O3S. The minimum atomic E-state index is -0.899. The normalized spacial score (nSPS) is 11.7. The molecule has 0 aliphatic carbocycles. The highest BCUT2D eigenvalue weighted by Gasteiger charge is 2.22. The molecule has 1 N–H and O–H groups in total. The van der Waals surface area contributed by atoms with Crippen molar-refractivity contribution in [3.63, 3.8) is 0 Å². The van der Waals surface area contributed by atoms with Crippen LogP contribution in [-0.4, -0.2) is 27.6 Å². The van der Waals surface area contributed by atoms with Crippen molar-refractivity contribution in [3.05, 3.63) is 40.9 Å². The number of amides is 1. The van der Waals surface area contributed by atoms with Gasteiger partial charge in [0.25, 0.3) is 5.91 Å². The van der Waals surface area contributed by atoms with Gasteiger partial charge in [0, 0.05) is 5.69 Å². The monoisotopic (exact) mass is 305 g/mol. The van der Waals surface area contributed by atoms with E-state index < -0.39 is 12.1 Å². The van der Waals surface area contributed by atoms with Gasteiger partial charge in [-0.2, -0.15) is 0 Å². The fourth-order valence-electron chi connectivity index (χ4n) is 1.63. The average molecular weight is 305 g/mol. The van der Waals surface area contributed by atoms with Gasteiger partial charge in [0.15, 0.2) is 11.0 Å². The maximum atomic E-state index is 12.0. The highest BCUT2D eigenvalue weighted by Crippen LogP contribution is 2.14. The number of hydrogen-bond acceptors (Lipinski definition) is 6. The van der Waals surface area contributed by atoms with Gasteiger partial charge in [-0.3, -0.25) is 4.79 Å². The smallest absolute Gasteiger partial charge is 0.352 e. The second-order valence-corrected chi connectivity index (χ2v) is 5.06. The fraction of sp³-hybridized carbons (Fsp3) is 0.286. The lowest BCUT2D eigenvalue weighted by molar-refractivity contribution is -0.123. The number of aryl methyl sites for hydroxylation is 1. The summed E-state index contributed by atoms with van der Waals surface area (Å²) in [6, 6.07) is 8.98. The van der Waals surface area contributed by atoms with Crippen LogP contribution in [0.15, 0.2) is 30.3 Å². The molecule has 0 aliphatic rings. The molecule has 1 aromatic carbocycles. The zero-order chi connectivity index (χ0) is 15.2. The van der Waals surface area contributed by atoms with E-state index in [2.05, 4.69) is 14.9 Å². The Kier molecular flexibility index (Phi) is 4.99. The summed E-state index contributed by atoms with van der Waals surface area (Å²) in [5, 5.41) is 6.52. The van der Waals surface area contributed by atoms with E-state index in [-0.39, 0.29) is 5.91 Å². The molecule has 0 fully saturated rings. The van der Waals surface area contributed by atoms with Crippen LogP contribution in [0.4, 0.5) is 5.69 Å². The maximum Gasteiger partial charge on any atom is 0.352 e. The third kappa shape index (κ3) is 3.85. The van der Waals surface area contributed by atoms with Gasteiger partial charge in [0.2, 0.25) is 0 Å². The number of anilines is 1. The van der Waals surface area contributed by atoms with E-state index in [0.29, 0.717) is 22.7 Å². The number of nitrogens with zero attached hydrogens (tertiary/aromatic N) is 2. The summed E-state index contributed by atoms with van der Waals surface area (Å²) >= 11 is 0.973. The van der Waals surface area contributed by atoms with Crippen molar-refractivity contribution in [2.75, 3.05) is 5.32 Å². The van der Waals surface area contributed by atoms with Crippen molar-refractivity contribution < 1.29 is 14.3 Å². The Hall–Kier alpha value is -2.28. The summed E-state index contributed by atoms with van der Waals surface area (Å²) in [7, 11) is 0. The summed E-state index contributed by atoms with van der Waals surface area (Å²) in [6.45, 7) is 3.40. The minimum absolute atomic E-state index is 0.344. The molecule has 1 aromatic heterocycles. The van der Waals surface area contributed by atoms with E-state index in [4.69, 9.17) is 4.74 Å². The first-order valence-electron chi connectivity index (χ1n) is 6.50. The summed E-state index contributed by atoms with van der Waals surface area (Å²) in [6.07, 6.45) is -0.310. The number of benzene rings is 1. The number of aromatic nitrogens is 2. The molecule has 7 heteroatoms. The predicted octanol–water partition coefficient (Wildman–Crippen LogP) is 2.28. The van der Waals surface area contributed by atoms with Gasteiger partial charge in [-0.1, -0.05) is 29.6 Å². The Morgan fingerprint density at radius 3 is 2.71 bits per heavy atom. The lowest BCUT2D eigenvalue weighted by Gasteiger charge is -2.13. The number of esters is 1. The van der Waals surface area contributed by atoms with Crippen molar-refractivity contribution in [1.82, 2.24) is 9.59 Å². The Labute approximate surface area is 126 Å². The molecule has 110 valence electrons. The zero-order valence-electron chi connectivity index (χ0n) is 11.7. The number of para-hydroxylation sites is 1. The van der Waals surface area contributed by atoms with E-state index in [9.17, 15) is 9.59 Å². The molecule has 0 aliphatic heterocycles. The van der Waals surface area contributed by atoms with Crippen molar-refractivity contribution in [1.29, 1.82) is 0 Å². The van der Waals surface area contributed by atoms with Crippen molar-refractivity contribution in [3.8, 4) is 0 Å². The maximum absolute atomic E-state index is 12.0. The topological polar surface area (TPSA) is 81.2 Å². The first-order chi connectivity index (χ1) is 10.1. The second kappa shape index (κ2) is 6.94. The number of carbonyl (C=O) groups excluding carboxylic acids is 2. The summed E-state index contributed by atoms with van der Waals surface area (Å²) in [5.41, 5.74) is 1.24. The van der Waals surface area contributed by atoms with Gasteiger partial charge in [0.1, 0.15) is 0 Å². The summed E-state index contributed by atoms with van der Waals surface area (Å²) in [5.74, 6) is -0.956. The van der Waals surface area contributed by atoms with E-state index in [1.165, 1.54) is 6.92 Å². The molecule has 21 heavy (non-hydrogen) atoms. The predicted molar refractivity (Wildman–Crippen MR) is 79.2 cm³/mol. The lowest BCUT2D eigenvalue weighted by Crippen LogP contribution is -2.30. The van der Waals surface area contributed by atoms with Crippen LogP contribution in [0.25, 0.3) is 0 Å². The van der Waals surface area contributed by atoms with Crippen LogP contribution in [0.5, 0.6) is 0 Å². The summed E-state index contributed by atoms with van der Waals surface area (Å²) in [4.78, 5) is 24.3. The number of carbonyl (C=O) groups is 2. The van der Waals surface area contributed by atoms with Gasteiger partial charge < -0.3 is 10.1 Å². The van der Waals surface area contributed by atoms with Crippen LogP contribution in [0.1, 0.15) is 29.2 Å². The lowest BCUT2D eigenvalue weighted by atomic mass is 10.3. The average Bonchev–Trinajstić information content (AvgIpc) is 2.96. The molecule has 0 saturated heterocycles. The molecular weight excluding hydrogens is 290 g/mol. The summed E-state index contributed by atoms with van der Waals surface area (Å²) < 4.78 is 8.87. The van der Waals surface area contributed by atoms with Crippen molar-refractivity contribution >= 4 is 29.1 Å². The third-order valence-corrected chi connectivity index (χ3v) is 3.52. The van der Waals surface area contributed by atoms with E-state index in [1.54, 1.807) is 12.1 Å². The molecule has 2 aromatic rings. The van der Waals surface area contributed by atoms with Crippen molar-refractivity contribution in [2.24, 2.45) is 0 Å². The number of nitrogens with one attached hydrogen (secondary N) is 1. The molecule has 0 unspecified atom stereocenters. The molecule has 6 nitrogen and oxygen atoms in total. The Balaban J connectivity index is 1.96. The molecule has 0 spiro atoms. The third-order valence-electron chi connectivity index (χ3n) is 2.77. The van der Waals surface area contributed by atoms with Gasteiger partial charge in [0.05, 0.1) is 5.69 Å². The highest BCUT2D eigenvalue weighted by molar-refractivity contribution is 7.07. The Bertz CT molecular complexity index is 627. The van der Waals surface area contributed by atoms with Crippen LogP contribution in [0.3, 0.4) is 0 Å². The molecule has 0 saturated carbocycles.